The fourth-order valence-corrected chi connectivity index (χ4v) is 4.55. The highest BCUT2D eigenvalue weighted by Crippen LogP contribution is 2.36. The van der Waals surface area contributed by atoms with Crippen LogP contribution < -0.4 is 21.7 Å². The van der Waals surface area contributed by atoms with Crippen LogP contribution in [-0.2, 0) is 12.7 Å². The van der Waals surface area contributed by atoms with Crippen LogP contribution in [-0.4, -0.2) is 42.5 Å². The van der Waals surface area contributed by atoms with E-state index in [1.54, 1.807) is 24.3 Å². The largest absolute Gasteiger partial charge is 0.416 e. The fraction of sp³-hybridized carbons (Fsp3) is 0.435. The average molecular weight is 465 g/mol. The van der Waals surface area contributed by atoms with Crippen molar-refractivity contribution in [3.8, 4) is 0 Å². The van der Waals surface area contributed by atoms with E-state index in [2.05, 4.69) is 16.0 Å². The van der Waals surface area contributed by atoms with Crippen LogP contribution >= 0.6 is 0 Å². The van der Waals surface area contributed by atoms with Crippen molar-refractivity contribution in [1.29, 1.82) is 0 Å². The zero-order valence-electron chi connectivity index (χ0n) is 17.9. The van der Waals surface area contributed by atoms with Gasteiger partial charge in [-0.05, 0) is 48.2 Å². The van der Waals surface area contributed by atoms with Crippen molar-refractivity contribution in [3.05, 3.63) is 70.8 Å². The minimum atomic E-state index is -4.38. The molecular formula is C23H27F4N5O. The lowest BCUT2D eigenvalue weighted by Crippen LogP contribution is -2.68. The van der Waals surface area contributed by atoms with Crippen LogP contribution in [0.15, 0.2) is 48.5 Å². The van der Waals surface area contributed by atoms with Crippen LogP contribution in [0.3, 0.4) is 0 Å². The topological polar surface area (TPSA) is 82.4 Å². The Hall–Kier alpha value is -2.53. The lowest BCUT2D eigenvalue weighted by Gasteiger charge is -2.42. The first-order chi connectivity index (χ1) is 15.7. The standard InChI is InChI=1S/C23H27F4N5O/c24-19-21(29-12-14-3-5-16(6-4-14)20(28)33)30-13-31-22(19)32-11-1-2-18(32)15-7-9-17(10-8-15)23(25,26)27/h3-10,18-19,21-22,29-31H,1-2,11-13H2,(H2,28,33)/t18-,19?,21?,22?/m1/s1. The number of carbonyl (C=O) groups is 1. The molecule has 33 heavy (non-hydrogen) atoms. The molecule has 2 aliphatic rings. The summed E-state index contributed by atoms with van der Waals surface area (Å²) in [7, 11) is 0. The lowest BCUT2D eigenvalue weighted by molar-refractivity contribution is -0.137. The van der Waals surface area contributed by atoms with E-state index in [4.69, 9.17) is 5.73 Å². The summed E-state index contributed by atoms with van der Waals surface area (Å²) in [6.07, 6.45) is -5.26. The monoisotopic (exact) mass is 465 g/mol. The number of carbonyl (C=O) groups excluding carboxylic acids is 1. The molecule has 4 atom stereocenters. The van der Waals surface area contributed by atoms with Crippen molar-refractivity contribution in [3.63, 3.8) is 0 Å². The van der Waals surface area contributed by atoms with Gasteiger partial charge in [0, 0.05) is 31.4 Å². The SMILES string of the molecule is NC(=O)c1ccc(CNC2NCNC(N3CCC[C@@H]3c3ccc(C(F)(F)F)cc3)C2F)cc1. The normalized spacial score (nSPS) is 26.4. The molecule has 5 N–H and O–H groups in total. The maximum Gasteiger partial charge on any atom is 0.416 e. The highest BCUT2D eigenvalue weighted by Gasteiger charge is 2.41. The van der Waals surface area contributed by atoms with E-state index in [-0.39, 0.29) is 6.04 Å². The molecule has 4 rings (SSSR count). The van der Waals surface area contributed by atoms with Gasteiger partial charge >= 0.3 is 6.18 Å². The molecule has 2 fully saturated rings. The van der Waals surface area contributed by atoms with Crippen LogP contribution in [0.2, 0.25) is 0 Å². The molecule has 2 aromatic carbocycles. The van der Waals surface area contributed by atoms with E-state index in [0.717, 1.165) is 36.1 Å². The van der Waals surface area contributed by atoms with Gasteiger partial charge in [-0.15, -0.1) is 0 Å². The van der Waals surface area contributed by atoms with Crippen molar-refractivity contribution in [1.82, 2.24) is 20.9 Å². The smallest absolute Gasteiger partial charge is 0.366 e. The van der Waals surface area contributed by atoms with Gasteiger partial charge in [0.1, 0.15) is 0 Å². The Morgan fingerprint density at radius 3 is 2.42 bits per heavy atom. The number of rotatable bonds is 6. The number of halogens is 4. The highest BCUT2D eigenvalue weighted by molar-refractivity contribution is 5.92. The minimum absolute atomic E-state index is 0.150. The molecule has 2 saturated heterocycles. The molecular weight excluding hydrogens is 438 g/mol. The van der Waals surface area contributed by atoms with Gasteiger partial charge in [0.2, 0.25) is 5.91 Å². The second kappa shape index (κ2) is 9.76. The Labute approximate surface area is 189 Å². The number of nitrogens with zero attached hydrogens (tertiary/aromatic N) is 1. The summed E-state index contributed by atoms with van der Waals surface area (Å²) < 4.78 is 54.2. The summed E-state index contributed by atoms with van der Waals surface area (Å²) in [5.41, 5.74) is 6.61. The molecule has 0 aromatic heterocycles. The zero-order chi connectivity index (χ0) is 23.6. The van der Waals surface area contributed by atoms with Gasteiger partial charge in [-0.3, -0.25) is 25.6 Å². The first kappa shape index (κ1) is 23.6. The number of amides is 1. The summed E-state index contributed by atoms with van der Waals surface area (Å²) in [4.78, 5) is 13.2. The Balaban J connectivity index is 1.41. The average Bonchev–Trinajstić information content (AvgIpc) is 3.28. The minimum Gasteiger partial charge on any atom is -0.366 e. The maximum absolute atomic E-state index is 15.5. The molecule has 1 amide bonds. The summed E-state index contributed by atoms with van der Waals surface area (Å²) in [6, 6.07) is 11.8. The third-order valence-electron chi connectivity index (χ3n) is 6.29. The Morgan fingerprint density at radius 1 is 1.09 bits per heavy atom. The third-order valence-corrected chi connectivity index (χ3v) is 6.29. The quantitative estimate of drug-likeness (QED) is 0.494. The second-order valence-corrected chi connectivity index (χ2v) is 8.41. The molecule has 0 radical (unpaired) electrons. The lowest BCUT2D eigenvalue weighted by atomic mass is 10.0. The van der Waals surface area contributed by atoms with Gasteiger partial charge < -0.3 is 5.73 Å². The first-order valence-electron chi connectivity index (χ1n) is 10.9. The summed E-state index contributed by atoms with van der Waals surface area (Å²) >= 11 is 0. The Kier molecular flexibility index (Phi) is 6.99. The van der Waals surface area contributed by atoms with Crippen molar-refractivity contribution in [2.75, 3.05) is 13.2 Å². The van der Waals surface area contributed by atoms with Crippen LogP contribution in [0.5, 0.6) is 0 Å². The Morgan fingerprint density at radius 2 is 1.79 bits per heavy atom. The number of nitrogens with two attached hydrogens (primary N) is 1. The molecule has 2 heterocycles. The molecule has 0 spiro atoms. The molecule has 0 saturated carbocycles. The fourth-order valence-electron chi connectivity index (χ4n) is 4.55. The summed E-state index contributed by atoms with van der Waals surface area (Å²) in [5, 5.41) is 9.42. The third kappa shape index (κ3) is 5.35. The van der Waals surface area contributed by atoms with Gasteiger partial charge in [-0.2, -0.15) is 13.2 Å². The number of likely N-dealkylation sites (tertiary alicyclic amines) is 1. The van der Waals surface area contributed by atoms with Crippen LogP contribution in [0.25, 0.3) is 0 Å². The van der Waals surface area contributed by atoms with Crippen molar-refractivity contribution >= 4 is 5.91 Å². The van der Waals surface area contributed by atoms with Crippen molar-refractivity contribution in [2.45, 2.75) is 50.1 Å². The molecule has 178 valence electrons. The predicted octanol–water partition coefficient (Wildman–Crippen LogP) is 2.87. The first-order valence-corrected chi connectivity index (χ1v) is 10.9. The molecule has 0 bridgehead atoms. The molecule has 6 nitrogen and oxygen atoms in total. The highest BCUT2D eigenvalue weighted by atomic mass is 19.4. The predicted molar refractivity (Wildman–Crippen MR) is 116 cm³/mol. The summed E-state index contributed by atoms with van der Waals surface area (Å²) in [5.74, 6) is -0.505. The van der Waals surface area contributed by atoms with Gasteiger partial charge in [0.15, 0.2) is 6.17 Å². The number of primary amides is 1. The molecule has 2 aromatic rings. The van der Waals surface area contributed by atoms with Crippen LogP contribution in [0.4, 0.5) is 17.6 Å². The van der Waals surface area contributed by atoms with Gasteiger partial charge in [0.05, 0.1) is 17.9 Å². The van der Waals surface area contributed by atoms with E-state index < -0.39 is 36.2 Å². The molecule has 10 heteroatoms. The van der Waals surface area contributed by atoms with Crippen LogP contribution in [0.1, 0.15) is 45.9 Å². The van der Waals surface area contributed by atoms with Crippen LogP contribution in [0, 0.1) is 0 Å². The molecule has 0 aliphatic carbocycles. The number of hydrogen-bond donors (Lipinski definition) is 4. The second-order valence-electron chi connectivity index (χ2n) is 8.41. The Bertz CT molecular complexity index is 951. The summed E-state index contributed by atoms with van der Waals surface area (Å²) in [6.45, 7) is 1.44. The number of benzene rings is 2. The zero-order valence-corrected chi connectivity index (χ0v) is 17.9. The van der Waals surface area contributed by atoms with Crippen molar-refractivity contribution in [2.24, 2.45) is 5.73 Å². The van der Waals surface area contributed by atoms with Gasteiger partial charge in [-0.25, -0.2) is 4.39 Å². The van der Waals surface area contributed by atoms with E-state index in [0.29, 0.717) is 25.3 Å². The van der Waals surface area contributed by atoms with E-state index >= 15 is 4.39 Å². The van der Waals surface area contributed by atoms with E-state index in [1.165, 1.54) is 12.1 Å². The van der Waals surface area contributed by atoms with Crippen molar-refractivity contribution < 1.29 is 22.4 Å². The molecule has 3 unspecified atom stereocenters. The van der Waals surface area contributed by atoms with E-state index in [9.17, 15) is 18.0 Å². The number of alkyl halides is 4. The maximum atomic E-state index is 15.5. The molecule has 2 aliphatic heterocycles. The number of hydrogen-bond acceptors (Lipinski definition) is 5. The van der Waals surface area contributed by atoms with E-state index in [1.807, 2.05) is 4.90 Å². The number of nitrogens with one attached hydrogen (secondary N) is 3. The van der Waals surface area contributed by atoms with Gasteiger partial charge in [-0.1, -0.05) is 24.3 Å². The van der Waals surface area contributed by atoms with Gasteiger partial charge in [0.25, 0.3) is 0 Å².